The average Bonchev–Trinajstić information content (AvgIpc) is 2.54. The molecule has 118 valence electrons. The molecule has 1 aliphatic rings. The van der Waals surface area contributed by atoms with Crippen LogP contribution in [-0.2, 0) is 9.53 Å². The van der Waals surface area contributed by atoms with E-state index in [4.69, 9.17) is 4.74 Å². The molecule has 0 aromatic heterocycles. The van der Waals surface area contributed by atoms with Gasteiger partial charge in [0.1, 0.15) is 12.1 Å². The average molecular weight is 304 g/mol. The summed E-state index contributed by atoms with van der Waals surface area (Å²) in [5.74, 6) is -1.03. The summed E-state index contributed by atoms with van der Waals surface area (Å²) < 4.78 is 4.84. The van der Waals surface area contributed by atoms with Crippen molar-refractivity contribution >= 4 is 17.7 Å². The minimum atomic E-state index is -1.27. The molecule has 1 aromatic rings. The number of carbonyl (C=O) groups is 2. The fourth-order valence-corrected chi connectivity index (χ4v) is 2.54. The zero-order chi connectivity index (χ0) is 16.0. The lowest BCUT2D eigenvalue weighted by molar-refractivity contribution is -0.145. The van der Waals surface area contributed by atoms with E-state index in [1.54, 1.807) is 0 Å². The first kappa shape index (κ1) is 15.9. The Labute approximate surface area is 129 Å². The van der Waals surface area contributed by atoms with Crippen molar-refractivity contribution in [3.63, 3.8) is 0 Å². The quantitative estimate of drug-likeness (QED) is 0.814. The number of carboxylic acids is 1. The van der Waals surface area contributed by atoms with Gasteiger partial charge in [0.2, 0.25) is 0 Å². The Bertz CT molecular complexity index is 536. The van der Waals surface area contributed by atoms with Crippen LogP contribution in [0.3, 0.4) is 0 Å². The molecular weight excluding hydrogens is 284 g/mol. The third-order valence-electron chi connectivity index (χ3n) is 3.82. The van der Waals surface area contributed by atoms with Gasteiger partial charge in [-0.05, 0) is 25.0 Å². The molecule has 0 unspecified atom stereocenters. The lowest BCUT2D eigenvalue weighted by atomic mass is 9.87. The number of rotatable bonds is 5. The van der Waals surface area contributed by atoms with Crippen molar-refractivity contribution in [3.05, 3.63) is 43.0 Å². The van der Waals surface area contributed by atoms with Gasteiger partial charge >= 0.3 is 12.1 Å². The van der Waals surface area contributed by atoms with Crippen LogP contribution >= 0.6 is 0 Å². The van der Waals surface area contributed by atoms with Crippen LogP contribution in [0.4, 0.5) is 10.5 Å². The van der Waals surface area contributed by atoms with E-state index in [-0.39, 0.29) is 6.61 Å². The number of carbonyl (C=O) groups excluding carboxylic acids is 1. The number of para-hydroxylation sites is 1. The number of carboxylic acid groups (broad SMARTS) is 1. The van der Waals surface area contributed by atoms with Crippen molar-refractivity contribution < 1.29 is 19.4 Å². The maximum absolute atomic E-state index is 11.7. The molecule has 0 saturated carbocycles. The second-order valence-corrected chi connectivity index (χ2v) is 5.22. The summed E-state index contributed by atoms with van der Waals surface area (Å²) >= 11 is 0. The summed E-state index contributed by atoms with van der Waals surface area (Å²) in [4.78, 5) is 25.4. The van der Waals surface area contributed by atoms with Crippen LogP contribution in [0.2, 0.25) is 0 Å². The number of benzene rings is 1. The first-order chi connectivity index (χ1) is 10.6. The van der Waals surface area contributed by atoms with Crippen molar-refractivity contribution in [3.8, 4) is 0 Å². The van der Waals surface area contributed by atoms with Crippen LogP contribution in [-0.4, -0.2) is 42.4 Å². The number of ether oxygens (including phenoxy) is 1. The van der Waals surface area contributed by atoms with Crippen LogP contribution in [0, 0.1) is 0 Å². The van der Waals surface area contributed by atoms with Gasteiger partial charge in [-0.15, -0.1) is 0 Å². The van der Waals surface area contributed by atoms with Gasteiger partial charge < -0.3 is 20.1 Å². The largest absolute Gasteiger partial charge is 0.480 e. The molecule has 1 heterocycles. The fourth-order valence-electron chi connectivity index (χ4n) is 2.54. The number of hydrogen-bond acceptors (Lipinski definition) is 4. The van der Waals surface area contributed by atoms with Crippen LogP contribution in [0.5, 0.6) is 0 Å². The van der Waals surface area contributed by atoms with E-state index in [0.29, 0.717) is 25.9 Å². The van der Waals surface area contributed by atoms with Crippen molar-refractivity contribution in [1.29, 1.82) is 0 Å². The number of anilines is 1. The molecule has 1 fully saturated rings. The first-order valence-corrected chi connectivity index (χ1v) is 7.17. The van der Waals surface area contributed by atoms with Gasteiger partial charge in [-0.25, -0.2) is 9.59 Å². The smallest absolute Gasteiger partial charge is 0.408 e. The number of amides is 1. The molecule has 2 N–H and O–H groups in total. The Morgan fingerprint density at radius 1 is 1.32 bits per heavy atom. The number of aliphatic carboxylic acids is 1. The predicted molar refractivity (Wildman–Crippen MR) is 82.9 cm³/mol. The highest BCUT2D eigenvalue weighted by atomic mass is 16.5. The molecule has 1 saturated heterocycles. The molecule has 22 heavy (non-hydrogen) atoms. The summed E-state index contributed by atoms with van der Waals surface area (Å²) in [6, 6.07) is 9.80. The zero-order valence-corrected chi connectivity index (χ0v) is 12.3. The first-order valence-electron chi connectivity index (χ1n) is 7.17. The minimum Gasteiger partial charge on any atom is -0.480 e. The van der Waals surface area contributed by atoms with Gasteiger partial charge in [0, 0.05) is 18.8 Å². The van der Waals surface area contributed by atoms with E-state index in [1.807, 2.05) is 30.3 Å². The Morgan fingerprint density at radius 3 is 2.50 bits per heavy atom. The molecule has 0 aliphatic carbocycles. The molecule has 1 aliphatic heterocycles. The van der Waals surface area contributed by atoms with E-state index < -0.39 is 17.6 Å². The molecule has 6 nitrogen and oxygen atoms in total. The topological polar surface area (TPSA) is 78.9 Å². The van der Waals surface area contributed by atoms with Gasteiger partial charge in [0.05, 0.1) is 0 Å². The molecular formula is C16H20N2O4. The predicted octanol–water partition coefficient (Wildman–Crippen LogP) is 2.02. The van der Waals surface area contributed by atoms with E-state index in [1.165, 1.54) is 6.08 Å². The number of nitrogens with zero attached hydrogens (tertiary/aromatic N) is 1. The van der Waals surface area contributed by atoms with Crippen molar-refractivity contribution in [2.45, 2.75) is 18.4 Å². The highest BCUT2D eigenvalue weighted by Gasteiger charge is 2.43. The summed E-state index contributed by atoms with van der Waals surface area (Å²) in [5, 5.41) is 12.0. The lowest BCUT2D eigenvalue weighted by Crippen LogP contribution is -2.60. The van der Waals surface area contributed by atoms with Crippen LogP contribution in [0.15, 0.2) is 43.0 Å². The van der Waals surface area contributed by atoms with Crippen molar-refractivity contribution in [2.75, 3.05) is 24.6 Å². The fraction of sp³-hybridized carbons (Fsp3) is 0.375. The normalized spacial score (nSPS) is 16.6. The van der Waals surface area contributed by atoms with E-state index in [2.05, 4.69) is 16.8 Å². The minimum absolute atomic E-state index is 0.0532. The van der Waals surface area contributed by atoms with Gasteiger partial charge in [0.15, 0.2) is 0 Å². The summed E-state index contributed by atoms with van der Waals surface area (Å²) in [7, 11) is 0. The lowest BCUT2D eigenvalue weighted by Gasteiger charge is -2.39. The summed E-state index contributed by atoms with van der Waals surface area (Å²) in [5.41, 5.74) is -0.223. The SMILES string of the molecule is C=CCOC(=O)NC1(C(=O)O)CCN(c2ccccc2)CC1. The molecule has 1 amide bonds. The number of alkyl carbamates (subject to hydrolysis) is 1. The third-order valence-corrected chi connectivity index (χ3v) is 3.82. The van der Waals surface area contributed by atoms with Crippen molar-refractivity contribution in [2.24, 2.45) is 0 Å². The molecule has 6 heteroatoms. The molecule has 0 spiro atoms. The Kier molecular flexibility index (Phi) is 5.04. The maximum Gasteiger partial charge on any atom is 0.408 e. The maximum atomic E-state index is 11.7. The molecule has 1 aromatic carbocycles. The van der Waals surface area contributed by atoms with Gasteiger partial charge in [-0.1, -0.05) is 30.9 Å². The van der Waals surface area contributed by atoms with Gasteiger partial charge in [-0.3, -0.25) is 0 Å². The van der Waals surface area contributed by atoms with Crippen LogP contribution in [0.1, 0.15) is 12.8 Å². The Balaban J connectivity index is 2.01. The van der Waals surface area contributed by atoms with E-state index >= 15 is 0 Å². The Hall–Kier alpha value is -2.50. The number of piperidine rings is 1. The third kappa shape index (κ3) is 3.58. The van der Waals surface area contributed by atoms with E-state index in [0.717, 1.165) is 5.69 Å². The molecule has 0 bridgehead atoms. The highest BCUT2D eigenvalue weighted by Crippen LogP contribution is 2.26. The monoisotopic (exact) mass is 304 g/mol. The second-order valence-electron chi connectivity index (χ2n) is 5.22. The highest BCUT2D eigenvalue weighted by molar-refractivity contribution is 5.84. The summed E-state index contributed by atoms with van der Waals surface area (Å²) in [6.45, 7) is 4.61. The van der Waals surface area contributed by atoms with Gasteiger partial charge in [-0.2, -0.15) is 0 Å². The number of nitrogens with one attached hydrogen (secondary N) is 1. The standard InChI is InChI=1S/C16H20N2O4/c1-2-12-22-15(21)17-16(14(19)20)8-10-18(11-9-16)13-6-4-3-5-7-13/h2-7H,1,8-12H2,(H,17,21)(H,19,20). The molecule has 0 radical (unpaired) electrons. The van der Waals surface area contributed by atoms with E-state index in [9.17, 15) is 14.7 Å². The second kappa shape index (κ2) is 6.98. The van der Waals surface area contributed by atoms with Gasteiger partial charge in [0.25, 0.3) is 0 Å². The Morgan fingerprint density at radius 2 is 1.95 bits per heavy atom. The molecule has 0 atom stereocenters. The van der Waals surface area contributed by atoms with Crippen LogP contribution < -0.4 is 10.2 Å². The van der Waals surface area contributed by atoms with Crippen LogP contribution in [0.25, 0.3) is 0 Å². The zero-order valence-electron chi connectivity index (χ0n) is 12.3. The number of hydrogen-bond donors (Lipinski definition) is 2. The molecule has 2 rings (SSSR count). The summed E-state index contributed by atoms with van der Waals surface area (Å²) in [6.07, 6.45) is 1.35. The van der Waals surface area contributed by atoms with Crippen molar-refractivity contribution in [1.82, 2.24) is 5.32 Å².